The van der Waals surface area contributed by atoms with E-state index in [1.165, 1.54) is 4.70 Å². The molecule has 0 fully saturated rings. The average Bonchev–Trinajstić information content (AvgIpc) is 2.49. The number of hydrogen-bond donors (Lipinski definition) is 1. The van der Waals surface area contributed by atoms with Crippen molar-refractivity contribution in [1.29, 1.82) is 5.26 Å². The fraction of sp³-hybridized carbons (Fsp3) is 0.100. The predicted molar refractivity (Wildman–Crippen MR) is 66.1 cm³/mol. The van der Waals surface area contributed by atoms with Crippen LogP contribution in [0.15, 0.2) is 26.9 Å². The van der Waals surface area contributed by atoms with Gasteiger partial charge in [-0.2, -0.15) is 5.26 Å². The van der Waals surface area contributed by atoms with Gasteiger partial charge in [-0.1, -0.05) is 0 Å². The Morgan fingerprint density at radius 2 is 2.29 bits per heavy atom. The van der Waals surface area contributed by atoms with Crippen molar-refractivity contribution < 1.29 is 0 Å². The minimum absolute atomic E-state index is 0.462. The summed E-state index contributed by atoms with van der Waals surface area (Å²) < 4.78 is 2.24. The molecule has 2 aromatic rings. The quantitative estimate of drug-likeness (QED) is 0.786. The van der Waals surface area contributed by atoms with E-state index in [4.69, 9.17) is 5.26 Å². The van der Waals surface area contributed by atoms with E-state index in [1.807, 2.05) is 17.5 Å². The molecule has 0 atom stereocenters. The van der Waals surface area contributed by atoms with E-state index in [2.05, 4.69) is 34.6 Å². The number of hydrogen-bond acceptors (Lipinski definition) is 3. The smallest absolute Gasteiger partial charge is 0.0670 e. The zero-order valence-electron chi connectivity index (χ0n) is 7.12. The van der Waals surface area contributed by atoms with Crippen LogP contribution in [-0.4, -0.2) is 0 Å². The molecule has 0 spiro atoms. The molecule has 0 aliphatic rings. The lowest BCUT2D eigenvalue weighted by atomic mass is 10.1. The van der Waals surface area contributed by atoms with Crippen molar-refractivity contribution in [3.63, 3.8) is 0 Å². The zero-order valence-corrected chi connectivity index (χ0v) is 10.4. The van der Waals surface area contributed by atoms with E-state index in [0.29, 0.717) is 6.42 Å². The summed E-state index contributed by atoms with van der Waals surface area (Å²) in [5.74, 6) is 0. The average molecular weight is 284 g/mol. The number of nitriles is 1. The first-order chi connectivity index (χ1) is 6.72. The van der Waals surface area contributed by atoms with Crippen LogP contribution in [-0.2, 0) is 6.42 Å². The van der Waals surface area contributed by atoms with Crippen LogP contribution in [0, 0.1) is 11.3 Å². The minimum Gasteiger partial charge on any atom is -0.198 e. The third kappa shape index (κ3) is 1.68. The Kier molecular flexibility index (Phi) is 2.82. The number of benzene rings is 1. The molecule has 1 heterocycles. The third-order valence-electron chi connectivity index (χ3n) is 1.96. The molecular weight excluding hydrogens is 278 g/mol. The molecule has 0 bridgehead atoms. The van der Waals surface area contributed by atoms with Gasteiger partial charge in [-0.15, -0.1) is 24.0 Å². The van der Waals surface area contributed by atoms with E-state index < -0.39 is 0 Å². The molecule has 0 aliphatic heterocycles. The van der Waals surface area contributed by atoms with Gasteiger partial charge in [0.05, 0.1) is 12.5 Å². The summed E-state index contributed by atoms with van der Waals surface area (Å²) in [4.78, 5) is 0.918. The number of thiophene rings is 1. The highest BCUT2D eigenvalue weighted by Crippen LogP contribution is 2.34. The molecule has 0 N–H and O–H groups in total. The number of halogens is 1. The molecule has 0 unspecified atom stereocenters. The standard InChI is InChI=1S/C10H6BrNS2/c11-9-4-7(13)3-8-6(1-2-12)5-14-10(8)9/h3-5,13H,1H2. The molecule has 0 aliphatic carbocycles. The highest BCUT2D eigenvalue weighted by atomic mass is 79.9. The normalized spacial score (nSPS) is 10.4. The number of fused-ring (bicyclic) bond motifs is 1. The van der Waals surface area contributed by atoms with Crippen molar-refractivity contribution in [2.24, 2.45) is 0 Å². The first-order valence-corrected chi connectivity index (χ1v) is 6.10. The van der Waals surface area contributed by atoms with Gasteiger partial charge in [0.1, 0.15) is 0 Å². The molecule has 1 aromatic carbocycles. The van der Waals surface area contributed by atoms with Gasteiger partial charge >= 0.3 is 0 Å². The first-order valence-electron chi connectivity index (χ1n) is 3.98. The Balaban J connectivity index is 2.73. The molecule has 0 radical (unpaired) electrons. The molecule has 2 rings (SSSR count). The van der Waals surface area contributed by atoms with E-state index in [-0.39, 0.29) is 0 Å². The van der Waals surface area contributed by atoms with E-state index in [9.17, 15) is 0 Å². The number of thiol groups is 1. The molecule has 14 heavy (non-hydrogen) atoms. The Labute approximate surface area is 99.9 Å². The Hall–Kier alpha value is -0.500. The maximum absolute atomic E-state index is 8.66. The van der Waals surface area contributed by atoms with Crippen LogP contribution in [0.1, 0.15) is 5.56 Å². The van der Waals surface area contributed by atoms with Crippen LogP contribution in [0.25, 0.3) is 10.1 Å². The van der Waals surface area contributed by atoms with Gasteiger partial charge in [-0.3, -0.25) is 0 Å². The van der Waals surface area contributed by atoms with Crippen molar-refractivity contribution in [3.8, 4) is 6.07 Å². The Morgan fingerprint density at radius 1 is 1.50 bits per heavy atom. The van der Waals surface area contributed by atoms with E-state index >= 15 is 0 Å². The number of rotatable bonds is 1. The number of nitrogens with zero attached hydrogens (tertiary/aromatic N) is 1. The second-order valence-electron chi connectivity index (χ2n) is 2.90. The lowest BCUT2D eigenvalue weighted by molar-refractivity contribution is 1.30. The third-order valence-corrected chi connectivity index (χ3v) is 4.19. The van der Waals surface area contributed by atoms with Gasteiger partial charge in [0, 0.05) is 14.1 Å². The van der Waals surface area contributed by atoms with Crippen molar-refractivity contribution in [1.82, 2.24) is 0 Å². The molecule has 0 saturated heterocycles. The Morgan fingerprint density at radius 3 is 3.00 bits per heavy atom. The van der Waals surface area contributed by atoms with Gasteiger partial charge in [0.25, 0.3) is 0 Å². The van der Waals surface area contributed by atoms with Gasteiger partial charge < -0.3 is 0 Å². The van der Waals surface area contributed by atoms with Crippen molar-refractivity contribution in [2.45, 2.75) is 11.3 Å². The van der Waals surface area contributed by atoms with Crippen LogP contribution in [0.2, 0.25) is 0 Å². The fourth-order valence-corrected chi connectivity index (χ4v) is 3.49. The lowest BCUT2D eigenvalue weighted by Gasteiger charge is -1.97. The fourth-order valence-electron chi connectivity index (χ4n) is 1.35. The highest BCUT2D eigenvalue weighted by molar-refractivity contribution is 9.10. The maximum Gasteiger partial charge on any atom is 0.0670 e. The highest BCUT2D eigenvalue weighted by Gasteiger charge is 2.07. The summed E-state index contributed by atoms with van der Waals surface area (Å²) in [6.45, 7) is 0. The lowest BCUT2D eigenvalue weighted by Crippen LogP contribution is -1.78. The summed E-state index contributed by atoms with van der Waals surface area (Å²) in [6.07, 6.45) is 0.462. The van der Waals surface area contributed by atoms with Crippen molar-refractivity contribution >= 4 is 50.0 Å². The summed E-state index contributed by atoms with van der Waals surface area (Å²) in [6, 6.07) is 6.14. The van der Waals surface area contributed by atoms with Gasteiger partial charge in [0.2, 0.25) is 0 Å². The van der Waals surface area contributed by atoms with Crippen LogP contribution in [0.4, 0.5) is 0 Å². The molecule has 1 aromatic heterocycles. The SMILES string of the molecule is N#CCc1csc2c(Br)cc(S)cc12. The van der Waals surface area contributed by atoms with Crippen LogP contribution in [0.3, 0.4) is 0 Å². The Bertz CT molecular complexity index is 525. The topological polar surface area (TPSA) is 23.8 Å². The maximum atomic E-state index is 8.66. The summed E-state index contributed by atoms with van der Waals surface area (Å²) in [7, 11) is 0. The summed E-state index contributed by atoms with van der Waals surface area (Å²) in [5, 5.41) is 11.8. The van der Waals surface area contributed by atoms with E-state index in [0.717, 1.165) is 20.3 Å². The molecule has 4 heteroatoms. The second-order valence-corrected chi connectivity index (χ2v) is 5.15. The minimum atomic E-state index is 0.462. The van der Waals surface area contributed by atoms with Crippen molar-refractivity contribution in [3.05, 3.63) is 27.5 Å². The summed E-state index contributed by atoms with van der Waals surface area (Å²) in [5.41, 5.74) is 1.09. The first kappa shape index (κ1) is 10.0. The monoisotopic (exact) mass is 283 g/mol. The van der Waals surface area contributed by atoms with Crippen LogP contribution in [0.5, 0.6) is 0 Å². The van der Waals surface area contributed by atoms with E-state index in [1.54, 1.807) is 11.3 Å². The molecular formula is C10H6BrNS2. The van der Waals surface area contributed by atoms with Crippen LogP contribution >= 0.6 is 39.9 Å². The predicted octanol–water partition coefficient (Wildman–Crippen LogP) is 4.02. The molecule has 0 amide bonds. The second kappa shape index (κ2) is 3.93. The largest absolute Gasteiger partial charge is 0.198 e. The van der Waals surface area contributed by atoms with Gasteiger partial charge in [0.15, 0.2) is 0 Å². The molecule has 1 nitrogen and oxygen atoms in total. The van der Waals surface area contributed by atoms with Gasteiger partial charge in [-0.25, -0.2) is 0 Å². The van der Waals surface area contributed by atoms with Gasteiger partial charge in [-0.05, 0) is 44.4 Å². The molecule has 0 saturated carbocycles. The molecule has 70 valence electrons. The zero-order chi connectivity index (χ0) is 10.1. The van der Waals surface area contributed by atoms with Crippen LogP contribution < -0.4 is 0 Å². The van der Waals surface area contributed by atoms with Crippen molar-refractivity contribution in [2.75, 3.05) is 0 Å². The summed E-state index contributed by atoms with van der Waals surface area (Å²) >= 11 is 9.46.